The molecular weight excluding hydrogens is 382 g/mol. The summed E-state index contributed by atoms with van der Waals surface area (Å²) < 4.78 is 5.45. The fourth-order valence-electron chi connectivity index (χ4n) is 3.38. The molecule has 3 aromatic rings. The van der Waals surface area contributed by atoms with Gasteiger partial charge >= 0.3 is 6.03 Å². The third kappa shape index (κ3) is 4.32. The van der Waals surface area contributed by atoms with Crippen LogP contribution in [0, 0.1) is 0 Å². The van der Waals surface area contributed by atoms with Crippen molar-refractivity contribution in [1.82, 2.24) is 15.5 Å². The number of carbonyl (C=O) groups excluding carboxylic acids is 2. The predicted octanol–water partition coefficient (Wildman–Crippen LogP) is 3.79. The Labute approximate surface area is 174 Å². The summed E-state index contributed by atoms with van der Waals surface area (Å²) in [7, 11) is 0. The average Bonchev–Trinajstić information content (AvgIpc) is 3.35. The number of carbonyl (C=O) groups is 2. The first kappa shape index (κ1) is 19.6. The van der Waals surface area contributed by atoms with Crippen LogP contribution in [0.15, 0.2) is 59.1 Å². The van der Waals surface area contributed by atoms with Crippen molar-refractivity contribution in [2.45, 2.75) is 32.2 Å². The van der Waals surface area contributed by atoms with E-state index in [-0.39, 0.29) is 23.9 Å². The molecule has 1 aromatic heterocycles. The molecule has 1 aliphatic heterocycles. The molecule has 154 valence electrons. The summed E-state index contributed by atoms with van der Waals surface area (Å²) in [4.78, 5) is 30.5. The Balaban J connectivity index is 1.43. The van der Waals surface area contributed by atoms with Gasteiger partial charge in [-0.15, -0.1) is 0 Å². The second-order valence-electron chi connectivity index (χ2n) is 7.53. The summed E-state index contributed by atoms with van der Waals surface area (Å²) >= 11 is 0. The lowest BCUT2D eigenvalue weighted by Crippen LogP contribution is -2.34. The molecule has 3 amide bonds. The van der Waals surface area contributed by atoms with Gasteiger partial charge in [-0.3, -0.25) is 4.79 Å². The minimum atomic E-state index is -0.256. The zero-order valence-corrected chi connectivity index (χ0v) is 16.8. The minimum absolute atomic E-state index is 0.0426. The van der Waals surface area contributed by atoms with Crippen LogP contribution < -0.4 is 15.5 Å². The summed E-state index contributed by atoms with van der Waals surface area (Å²) in [5.74, 6) is 0.810. The first-order valence-corrected chi connectivity index (χ1v) is 9.86. The monoisotopic (exact) mass is 405 g/mol. The van der Waals surface area contributed by atoms with Gasteiger partial charge in [-0.05, 0) is 50.2 Å². The Kier molecular flexibility index (Phi) is 5.47. The molecule has 2 heterocycles. The van der Waals surface area contributed by atoms with Gasteiger partial charge in [0, 0.05) is 35.9 Å². The Morgan fingerprint density at radius 2 is 1.87 bits per heavy atom. The molecule has 0 bridgehead atoms. The molecule has 2 N–H and O–H groups in total. The number of para-hydroxylation sites is 1. The number of nitrogens with zero attached hydrogens (tertiary/aromatic N) is 3. The highest BCUT2D eigenvalue weighted by Gasteiger charge is 2.35. The summed E-state index contributed by atoms with van der Waals surface area (Å²) in [5.41, 5.74) is 2.30. The van der Waals surface area contributed by atoms with Gasteiger partial charge in [0.05, 0.1) is 5.92 Å². The van der Waals surface area contributed by atoms with Gasteiger partial charge in [0.1, 0.15) is 0 Å². The predicted molar refractivity (Wildman–Crippen MR) is 113 cm³/mol. The Morgan fingerprint density at radius 1 is 1.13 bits per heavy atom. The van der Waals surface area contributed by atoms with E-state index in [9.17, 15) is 9.59 Å². The molecule has 1 aliphatic rings. The minimum Gasteiger partial charge on any atom is -0.339 e. The maximum atomic E-state index is 12.4. The molecular formula is C22H23N5O3. The van der Waals surface area contributed by atoms with Crippen LogP contribution in [0.1, 0.15) is 32.1 Å². The number of rotatable bonds is 5. The molecule has 0 saturated carbocycles. The van der Waals surface area contributed by atoms with Crippen LogP contribution in [0.2, 0.25) is 0 Å². The molecule has 0 radical (unpaired) electrons. The van der Waals surface area contributed by atoms with Crippen LogP contribution in [0.3, 0.4) is 0 Å². The van der Waals surface area contributed by atoms with Gasteiger partial charge in [-0.2, -0.15) is 4.98 Å². The highest BCUT2D eigenvalue weighted by molar-refractivity contribution is 5.96. The fraction of sp³-hybridized carbons (Fsp3) is 0.273. The number of urea groups is 1. The van der Waals surface area contributed by atoms with Crippen molar-refractivity contribution < 1.29 is 14.1 Å². The molecule has 8 nitrogen and oxygen atoms in total. The first-order valence-electron chi connectivity index (χ1n) is 9.86. The van der Waals surface area contributed by atoms with E-state index in [2.05, 4.69) is 20.8 Å². The van der Waals surface area contributed by atoms with E-state index in [0.29, 0.717) is 30.4 Å². The van der Waals surface area contributed by atoms with Crippen molar-refractivity contribution in [1.29, 1.82) is 0 Å². The topological polar surface area (TPSA) is 100 Å². The third-order valence-electron chi connectivity index (χ3n) is 4.80. The SMILES string of the molecule is CC(C)NC(=O)Nc1ccc(-c2noc([C@H]3CC(=O)N(c4ccccc4)C3)n2)cc1. The normalized spacial score (nSPS) is 16.2. The van der Waals surface area contributed by atoms with Gasteiger partial charge in [0.2, 0.25) is 17.6 Å². The van der Waals surface area contributed by atoms with Crippen molar-refractivity contribution in [3.63, 3.8) is 0 Å². The lowest BCUT2D eigenvalue weighted by Gasteiger charge is -2.15. The standard InChI is InChI=1S/C22H23N5O3/c1-14(2)23-22(29)24-17-10-8-15(9-11-17)20-25-21(30-26-20)16-12-19(28)27(13-16)18-6-4-3-5-7-18/h3-11,14,16H,12-13H2,1-2H3,(H2,23,24,29)/t16-/m0/s1. The van der Waals surface area contributed by atoms with Crippen LogP contribution in [-0.2, 0) is 4.79 Å². The lowest BCUT2D eigenvalue weighted by molar-refractivity contribution is -0.117. The highest BCUT2D eigenvalue weighted by Crippen LogP contribution is 2.32. The van der Waals surface area contributed by atoms with Crippen LogP contribution in [0.25, 0.3) is 11.4 Å². The molecule has 0 spiro atoms. The molecule has 1 saturated heterocycles. The van der Waals surface area contributed by atoms with Crippen LogP contribution in [0.5, 0.6) is 0 Å². The van der Waals surface area contributed by atoms with E-state index >= 15 is 0 Å². The Bertz CT molecular complexity index is 1030. The number of benzene rings is 2. The lowest BCUT2D eigenvalue weighted by atomic mass is 10.1. The van der Waals surface area contributed by atoms with Crippen molar-refractivity contribution in [2.75, 3.05) is 16.8 Å². The van der Waals surface area contributed by atoms with E-state index in [1.54, 1.807) is 17.0 Å². The molecule has 2 aromatic carbocycles. The third-order valence-corrected chi connectivity index (χ3v) is 4.80. The molecule has 1 atom stereocenters. The molecule has 30 heavy (non-hydrogen) atoms. The molecule has 8 heteroatoms. The van der Waals surface area contributed by atoms with E-state index in [1.807, 2.05) is 56.3 Å². The van der Waals surface area contributed by atoms with Crippen LogP contribution in [-0.4, -0.2) is 34.7 Å². The zero-order valence-electron chi connectivity index (χ0n) is 16.8. The van der Waals surface area contributed by atoms with Gasteiger partial charge in [0.15, 0.2) is 0 Å². The largest absolute Gasteiger partial charge is 0.339 e. The van der Waals surface area contributed by atoms with E-state index in [0.717, 1.165) is 11.3 Å². The van der Waals surface area contributed by atoms with Crippen molar-refractivity contribution >= 4 is 23.3 Å². The number of anilines is 2. The fourth-order valence-corrected chi connectivity index (χ4v) is 3.38. The number of amides is 3. The quantitative estimate of drug-likeness (QED) is 0.673. The average molecular weight is 405 g/mol. The second-order valence-corrected chi connectivity index (χ2v) is 7.53. The van der Waals surface area contributed by atoms with E-state index in [4.69, 9.17) is 4.52 Å². The summed E-state index contributed by atoms with van der Waals surface area (Å²) in [5, 5.41) is 9.61. The highest BCUT2D eigenvalue weighted by atomic mass is 16.5. The van der Waals surface area contributed by atoms with Gasteiger partial charge < -0.3 is 20.1 Å². The number of aromatic nitrogens is 2. The smallest absolute Gasteiger partial charge is 0.319 e. The van der Waals surface area contributed by atoms with Crippen molar-refractivity contribution in [3.05, 3.63) is 60.5 Å². The maximum Gasteiger partial charge on any atom is 0.319 e. The molecule has 0 unspecified atom stereocenters. The van der Waals surface area contributed by atoms with Gasteiger partial charge in [-0.25, -0.2) is 4.79 Å². The van der Waals surface area contributed by atoms with E-state index in [1.165, 1.54) is 0 Å². The molecule has 0 aliphatic carbocycles. The zero-order chi connectivity index (χ0) is 21.1. The Hall–Kier alpha value is -3.68. The molecule has 1 fully saturated rings. The summed E-state index contributed by atoms with van der Waals surface area (Å²) in [6.07, 6.45) is 0.338. The van der Waals surface area contributed by atoms with Crippen molar-refractivity contribution in [2.24, 2.45) is 0 Å². The van der Waals surface area contributed by atoms with Gasteiger partial charge in [-0.1, -0.05) is 23.4 Å². The second kappa shape index (κ2) is 8.36. The molecule has 4 rings (SSSR count). The summed E-state index contributed by atoms with van der Waals surface area (Å²) in [6.45, 7) is 4.30. The first-order chi connectivity index (χ1) is 14.5. The summed E-state index contributed by atoms with van der Waals surface area (Å²) in [6, 6.07) is 16.6. The number of hydrogen-bond acceptors (Lipinski definition) is 5. The van der Waals surface area contributed by atoms with Crippen molar-refractivity contribution in [3.8, 4) is 11.4 Å². The van der Waals surface area contributed by atoms with E-state index < -0.39 is 0 Å². The Morgan fingerprint density at radius 3 is 2.57 bits per heavy atom. The van der Waals surface area contributed by atoms with Gasteiger partial charge in [0.25, 0.3) is 0 Å². The number of nitrogens with one attached hydrogen (secondary N) is 2. The van der Waals surface area contributed by atoms with Crippen LogP contribution >= 0.6 is 0 Å². The maximum absolute atomic E-state index is 12.4. The number of hydrogen-bond donors (Lipinski definition) is 2. The van der Waals surface area contributed by atoms with Crippen LogP contribution in [0.4, 0.5) is 16.2 Å².